The molecular formula is C11H16S. The summed E-state index contributed by atoms with van der Waals surface area (Å²) in [6, 6.07) is 8.75. The van der Waals surface area contributed by atoms with Crippen molar-refractivity contribution in [3.63, 3.8) is 0 Å². The van der Waals surface area contributed by atoms with Crippen LogP contribution < -0.4 is 0 Å². The van der Waals surface area contributed by atoms with Crippen LogP contribution in [0.3, 0.4) is 0 Å². The monoisotopic (exact) mass is 180 g/mol. The molecule has 1 heteroatoms. The van der Waals surface area contributed by atoms with Gasteiger partial charge in [0.05, 0.1) is 0 Å². The van der Waals surface area contributed by atoms with Crippen LogP contribution in [-0.2, 0) is 5.75 Å². The highest BCUT2D eigenvalue weighted by Crippen LogP contribution is 2.13. The Kier molecular flexibility index (Phi) is 4.23. The third-order valence-corrected chi connectivity index (χ3v) is 2.93. The Balaban J connectivity index is 2.41. The van der Waals surface area contributed by atoms with Crippen molar-refractivity contribution < 1.29 is 0 Å². The normalized spacial score (nSPS) is 10.2. The molecule has 0 radical (unpaired) electrons. The molecule has 66 valence electrons. The molecule has 0 aliphatic rings. The van der Waals surface area contributed by atoms with Gasteiger partial charge in [-0.3, -0.25) is 0 Å². The first-order valence-electron chi connectivity index (χ1n) is 4.46. The van der Waals surface area contributed by atoms with Crippen molar-refractivity contribution in [3.05, 3.63) is 35.4 Å². The fourth-order valence-electron chi connectivity index (χ4n) is 1.14. The van der Waals surface area contributed by atoms with Crippen molar-refractivity contribution in [2.45, 2.75) is 26.0 Å². The van der Waals surface area contributed by atoms with E-state index in [0.29, 0.717) is 0 Å². The Morgan fingerprint density at radius 3 is 2.83 bits per heavy atom. The maximum absolute atomic E-state index is 2.27. The molecule has 0 aromatic heterocycles. The minimum absolute atomic E-state index is 1.16. The molecule has 0 saturated heterocycles. The highest BCUT2D eigenvalue weighted by Gasteiger charge is 1.92. The first-order valence-corrected chi connectivity index (χ1v) is 5.61. The topological polar surface area (TPSA) is 0 Å². The highest BCUT2D eigenvalue weighted by molar-refractivity contribution is 7.98. The van der Waals surface area contributed by atoms with Gasteiger partial charge in [-0.1, -0.05) is 36.8 Å². The summed E-state index contributed by atoms with van der Waals surface area (Å²) >= 11 is 2.02. The number of thioether (sulfide) groups is 1. The van der Waals surface area contributed by atoms with E-state index in [1.165, 1.54) is 23.3 Å². The van der Waals surface area contributed by atoms with Crippen molar-refractivity contribution in [1.82, 2.24) is 0 Å². The summed E-state index contributed by atoms with van der Waals surface area (Å²) < 4.78 is 0. The van der Waals surface area contributed by atoms with E-state index in [2.05, 4.69) is 38.1 Å². The van der Waals surface area contributed by atoms with E-state index in [9.17, 15) is 0 Å². The van der Waals surface area contributed by atoms with Crippen LogP contribution in [0.2, 0.25) is 0 Å². The lowest BCUT2D eigenvalue weighted by Crippen LogP contribution is -1.82. The molecule has 1 aromatic rings. The van der Waals surface area contributed by atoms with Gasteiger partial charge in [0.25, 0.3) is 0 Å². The van der Waals surface area contributed by atoms with Gasteiger partial charge < -0.3 is 0 Å². The van der Waals surface area contributed by atoms with E-state index in [1.807, 2.05) is 11.8 Å². The molecule has 12 heavy (non-hydrogen) atoms. The number of hydrogen-bond acceptors (Lipinski definition) is 1. The smallest absolute Gasteiger partial charge is 0.0184 e. The predicted octanol–water partition coefficient (Wildman–Crippen LogP) is 3.64. The quantitative estimate of drug-likeness (QED) is 0.637. The molecular weight excluding hydrogens is 164 g/mol. The largest absolute Gasteiger partial charge is 0.157 e. The molecule has 0 aliphatic heterocycles. The molecule has 1 rings (SSSR count). The molecule has 0 atom stereocenters. The maximum Gasteiger partial charge on any atom is 0.0184 e. The first-order chi connectivity index (χ1) is 5.83. The zero-order chi connectivity index (χ0) is 8.81. The van der Waals surface area contributed by atoms with Crippen LogP contribution in [0.15, 0.2) is 24.3 Å². The summed E-state index contributed by atoms with van der Waals surface area (Å²) in [4.78, 5) is 0. The molecule has 0 nitrogen and oxygen atoms in total. The van der Waals surface area contributed by atoms with Gasteiger partial charge in [0.1, 0.15) is 0 Å². The van der Waals surface area contributed by atoms with Gasteiger partial charge in [0.2, 0.25) is 0 Å². The average Bonchev–Trinajstić information content (AvgIpc) is 2.05. The maximum atomic E-state index is 2.27. The second-order valence-electron chi connectivity index (χ2n) is 3.04. The zero-order valence-electron chi connectivity index (χ0n) is 7.84. The average molecular weight is 180 g/mol. The van der Waals surface area contributed by atoms with Crippen LogP contribution in [-0.4, -0.2) is 5.75 Å². The molecule has 0 bridgehead atoms. The Bertz CT molecular complexity index is 230. The van der Waals surface area contributed by atoms with Gasteiger partial charge in [-0.2, -0.15) is 11.8 Å². The SMILES string of the molecule is CCCSCc1cccc(C)c1. The lowest BCUT2D eigenvalue weighted by Gasteiger charge is -2.00. The van der Waals surface area contributed by atoms with Crippen LogP contribution in [0.1, 0.15) is 24.5 Å². The van der Waals surface area contributed by atoms with Crippen molar-refractivity contribution >= 4 is 11.8 Å². The third kappa shape index (κ3) is 3.31. The highest BCUT2D eigenvalue weighted by atomic mass is 32.2. The van der Waals surface area contributed by atoms with Crippen LogP contribution in [0.25, 0.3) is 0 Å². The number of benzene rings is 1. The Labute approximate surface area is 79.4 Å². The molecule has 0 spiro atoms. The second-order valence-corrected chi connectivity index (χ2v) is 4.15. The zero-order valence-corrected chi connectivity index (χ0v) is 8.66. The van der Waals surface area contributed by atoms with E-state index >= 15 is 0 Å². The van der Waals surface area contributed by atoms with Crippen molar-refractivity contribution in [2.75, 3.05) is 5.75 Å². The van der Waals surface area contributed by atoms with Crippen molar-refractivity contribution in [1.29, 1.82) is 0 Å². The molecule has 0 amide bonds. The fraction of sp³-hybridized carbons (Fsp3) is 0.455. The van der Waals surface area contributed by atoms with E-state index in [-0.39, 0.29) is 0 Å². The summed E-state index contributed by atoms with van der Waals surface area (Å²) in [5, 5.41) is 0. The number of hydrogen-bond donors (Lipinski definition) is 0. The molecule has 0 saturated carbocycles. The van der Waals surface area contributed by atoms with E-state index in [1.54, 1.807) is 0 Å². The Morgan fingerprint density at radius 1 is 1.33 bits per heavy atom. The molecule has 1 aromatic carbocycles. The van der Waals surface area contributed by atoms with Gasteiger partial charge in [0.15, 0.2) is 0 Å². The Hall–Kier alpha value is -0.430. The minimum atomic E-state index is 1.16. The van der Waals surface area contributed by atoms with E-state index in [4.69, 9.17) is 0 Å². The molecule has 0 N–H and O–H groups in total. The van der Waals surface area contributed by atoms with Crippen molar-refractivity contribution in [3.8, 4) is 0 Å². The van der Waals surface area contributed by atoms with Gasteiger partial charge >= 0.3 is 0 Å². The van der Waals surface area contributed by atoms with Crippen LogP contribution in [0.4, 0.5) is 0 Å². The minimum Gasteiger partial charge on any atom is -0.157 e. The van der Waals surface area contributed by atoms with Crippen LogP contribution in [0, 0.1) is 6.92 Å². The summed E-state index contributed by atoms with van der Waals surface area (Å²) in [7, 11) is 0. The summed E-state index contributed by atoms with van der Waals surface area (Å²) in [6.07, 6.45) is 1.27. The summed E-state index contributed by atoms with van der Waals surface area (Å²) in [5.74, 6) is 2.43. The molecule has 0 heterocycles. The molecule has 0 fully saturated rings. The molecule has 0 unspecified atom stereocenters. The van der Waals surface area contributed by atoms with Gasteiger partial charge in [0, 0.05) is 5.75 Å². The second kappa shape index (κ2) is 5.26. The van der Waals surface area contributed by atoms with Gasteiger partial charge in [-0.25, -0.2) is 0 Å². The van der Waals surface area contributed by atoms with E-state index < -0.39 is 0 Å². The first kappa shape index (κ1) is 9.66. The van der Waals surface area contributed by atoms with Crippen LogP contribution >= 0.6 is 11.8 Å². The summed E-state index contributed by atoms with van der Waals surface area (Å²) in [6.45, 7) is 4.37. The lowest BCUT2D eigenvalue weighted by atomic mass is 10.2. The number of aryl methyl sites for hydroxylation is 1. The van der Waals surface area contributed by atoms with Crippen LogP contribution in [0.5, 0.6) is 0 Å². The van der Waals surface area contributed by atoms with Crippen molar-refractivity contribution in [2.24, 2.45) is 0 Å². The Morgan fingerprint density at radius 2 is 2.17 bits per heavy atom. The van der Waals surface area contributed by atoms with Gasteiger partial charge in [-0.15, -0.1) is 0 Å². The molecule has 0 aliphatic carbocycles. The van der Waals surface area contributed by atoms with Gasteiger partial charge in [-0.05, 0) is 24.7 Å². The lowest BCUT2D eigenvalue weighted by molar-refractivity contribution is 1.10. The summed E-state index contributed by atoms with van der Waals surface area (Å²) in [5.41, 5.74) is 2.82. The third-order valence-electron chi connectivity index (χ3n) is 1.70. The van der Waals surface area contributed by atoms with E-state index in [0.717, 1.165) is 5.75 Å². The number of rotatable bonds is 4. The standard InChI is InChI=1S/C11H16S/c1-3-7-12-9-11-6-4-5-10(2)8-11/h4-6,8H,3,7,9H2,1-2H3. The fourth-order valence-corrected chi connectivity index (χ4v) is 1.98. The predicted molar refractivity (Wildman–Crippen MR) is 57.6 cm³/mol.